The van der Waals surface area contributed by atoms with Crippen molar-refractivity contribution in [2.75, 3.05) is 13.7 Å². The third-order valence-electron chi connectivity index (χ3n) is 9.35. The first kappa shape index (κ1) is 30.8. The van der Waals surface area contributed by atoms with Gasteiger partial charge in [-0.2, -0.15) is 0 Å². The third kappa shape index (κ3) is 6.63. The molecule has 2 atom stereocenters. The van der Waals surface area contributed by atoms with Crippen molar-refractivity contribution in [3.63, 3.8) is 0 Å². The molecule has 0 spiro atoms. The molecule has 230 valence electrons. The van der Waals surface area contributed by atoms with Gasteiger partial charge in [0.25, 0.3) is 5.91 Å². The number of ether oxygens (including phenoxy) is 1. The number of pyridine rings is 2. The molecule has 0 saturated carbocycles. The van der Waals surface area contributed by atoms with E-state index >= 15 is 0 Å². The van der Waals surface area contributed by atoms with Crippen LogP contribution in [0.1, 0.15) is 105 Å². The highest BCUT2D eigenvalue weighted by atomic mass is 16.5. The largest absolute Gasteiger partial charge is 0.461 e. The van der Waals surface area contributed by atoms with Crippen LogP contribution in [0.4, 0.5) is 0 Å². The summed E-state index contributed by atoms with van der Waals surface area (Å²) in [7, 11) is 1.64. The number of hydrogen-bond acceptors (Lipinski definition) is 5. The Labute approximate surface area is 254 Å². The van der Waals surface area contributed by atoms with E-state index in [9.17, 15) is 9.59 Å². The number of carbonyl (C=O) groups excluding carboxylic acids is 2. The number of hydrogen-bond donors (Lipinski definition) is 3. The zero-order chi connectivity index (χ0) is 31.1. The number of esters is 1. The average molecular weight is 586 g/mol. The number of aryl methyl sites for hydroxylation is 2. The summed E-state index contributed by atoms with van der Waals surface area (Å²) in [4.78, 5) is 39.4. The van der Waals surface area contributed by atoms with E-state index in [4.69, 9.17) is 14.7 Å². The second-order valence-electron chi connectivity index (χ2n) is 14.3. The lowest BCUT2D eigenvalue weighted by atomic mass is 9.71. The maximum atomic E-state index is 11.8. The number of H-pyrrole nitrogens is 2. The summed E-state index contributed by atoms with van der Waals surface area (Å²) < 4.78 is 5.05. The molecule has 6 rings (SSSR count). The van der Waals surface area contributed by atoms with Crippen molar-refractivity contribution >= 4 is 33.9 Å². The third-order valence-corrected chi connectivity index (χ3v) is 9.35. The molecule has 0 radical (unpaired) electrons. The van der Waals surface area contributed by atoms with Crippen LogP contribution >= 0.6 is 0 Å². The minimum atomic E-state index is -0.314. The number of nitrogens with one attached hydrogen (secondary N) is 3. The SMILES string of the molecule is CCOC(=O)c1cc2nc3c(cc2[nH]1)CC(C(C)(C)C)CC3.CNC(=O)c1cc2nc3c(cc2[nH]1)CC(C(C)(C)C)CC3. The molecule has 2 unspecified atom stereocenters. The highest BCUT2D eigenvalue weighted by molar-refractivity contribution is 5.97. The van der Waals surface area contributed by atoms with Crippen LogP contribution < -0.4 is 5.32 Å². The number of aromatic amines is 2. The molecule has 3 N–H and O–H groups in total. The van der Waals surface area contributed by atoms with E-state index in [-0.39, 0.29) is 11.9 Å². The molecule has 0 aliphatic heterocycles. The lowest BCUT2D eigenvalue weighted by molar-refractivity contribution is 0.0520. The molecule has 43 heavy (non-hydrogen) atoms. The van der Waals surface area contributed by atoms with Crippen LogP contribution in [0.15, 0.2) is 24.3 Å². The van der Waals surface area contributed by atoms with Crippen molar-refractivity contribution in [2.24, 2.45) is 22.7 Å². The molecule has 0 bridgehead atoms. The first-order valence-corrected chi connectivity index (χ1v) is 15.7. The lowest BCUT2D eigenvalue weighted by Crippen LogP contribution is -2.27. The van der Waals surface area contributed by atoms with Crippen LogP contribution in [0.25, 0.3) is 22.1 Å². The number of fused-ring (bicyclic) bond motifs is 4. The van der Waals surface area contributed by atoms with E-state index in [1.54, 1.807) is 13.1 Å². The molecule has 8 heteroatoms. The molecule has 0 aromatic carbocycles. The van der Waals surface area contributed by atoms with Crippen LogP contribution in [-0.2, 0) is 30.4 Å². The zero-order valence-electron chi connectivity index (χ0n) is 27.0. The van der Waals surface area contributed by atoms with Crippen LogP contribution in [-0.4, -0.2) is 45.5 Å². The molecule has 2 aliphatic rings. The maximum Gasteiger partial charge on any atom is 0.354 e. The number of carbonyl (C=O) groups is 2. The normalized spacial score (nSPS) is 18.4. The van der Waals surface area contributed by atoms with Crippen LogP contribution in [0.2, 0.25) is 0 Å². The van der Waals surface area contributed by atoms with Crippen molar-refractivity contribution in [3.8, 4) is 0 Å². The predicted molar refractivity (Wildman–Crippen MR) is 171 cm³/mol. The smallest absolute Gasteiger partial charge is 0.354 e. The Morgan fingerprint density at radius 2 is 1.28 bits per heavy atom. The summed E-state index contributed by atoms with van der Waals surface area (Å²) in [6.07, 6.45) is 6.58. The summed E-state index contributed by atoms with van der Waals surface area (Å²) >= 11 is 0. The van der Waals surface area contributed by atoms with Crippen LogP contribution in [0, 0.1) is 22.7 Å². The molecule has 1 amide bonds. The van der Waals surface area contributed by atoms with Gasteiger partial charge in [0.05, 0.1) is 28.7 Å². The lowest BCUT2D eigenvalue weighted by Gasteiger charge is -2.34. The summed E-state index contributed by atoms with van der Waals surface area (Å²) in [5.41, 5.74) is 10.4. The predicted octanol–water partition coefficient (Wildman–Crippen LogP) is 6.96. The van der Waals surface area contributed by atoms with Crippen molar-refractivity contribution in [1.82, 2.24) is 25.3 Å². The average Bonchev–Trinajstić information content (AvgIpc) is 3.56. The van der Waals surface area contributed by atoms with Gasteiger partial charge in [0, 0.05) is 18.4 Å². The number of amides is 1. The highest BCUT2D eigenvalue weighted by Crippen LogP contribution is 2.38. The van der Waals surface area contributed by atoms with Crippen molar-refractivity contribution < 1.29 is 14.3 Å². The quantitative estimate of drug-likeness (QED) is 0.225. The second-order valence-corrected chi connectivity index (χ2v) is 14.3. The fraction of sp³-hybridized carbons (Fsp3) is 0.543. The summed E-state index contributed by atoms with van der Waals surface area (Å²) in [5.74, 6) is 0.959. The minimum Gasteiger partial charge on any atom is -0.461 e. The van der Waals surface area contributed by atoms with Crippen molar-refractivity contribution in [3.05, 3.63) is 58.2 Å². The molecule has 2 aliphatic carbocycles. The standard InChI is InChI=1S/C18H24N2O2.C17H23N3O/c1-5-22-17(21)16-10-15-14(20-16)9-11-8-12(18(2,3)4)6-7-13(11)19-15;1-17(2,3)11-5-6-12-10(7-11)8-13-14(19-12)9-15(20-13)16(21)18-4/h9-10,12,20H,5-8H2,1-4H3;8-9,11,20H,5-7H2,1-4H3,(H,18,21). The Morgan fingerprint density at radius 3 is 1.72 bits per heavy atom. The minimum absolute atomic E-state index is 0.0986. The zero-order valence-corrected chi connectivity index (χ0v) is 27.0. The Bertz CT molecular complexity index is 1650. The molecular weight excluding hydrogens is 538 g/mol. The summed E-state index contributed by atoms with van der Waals surface area (Å²) in [6.45, 7) is 16.1. The highest BCUT2D eigenvalue weighted by Gasteiger charge is 2.31. The van der Waals surface area contributed by atoms with Gasteiger partial charge in [-0.25, -0.2) is 4.79 Å². The van der Waals surface area contributed by atoms with Gasteiger partial charge in [-0.1, -0.05) is 41.5 Å². The topological polar surface area (TPSA) is 113 Å². The number of aromatic nitrogens is 4. The molecule has 4 heterocycles. The van der Waals surface area contributed by atoms with Gasteiger partial charge in [-0.05, 0) is 104 Å². The Morgan fingerprint density at radius 1 is 0.814 bits per heavy atom. The fourth-order valence-corrected chi connectivity index (χ4v) is 6.47. The van der Waals surface area contributed by atoms with Gasteiger partial charge in [0.2, 0.25) is 0 Å². The molecule has 4 aromatic heterocycles. The Hall–Kier alpha value is -3.68. The van der Waals surface area contributed by atoms with Gasteiger partial charge in [0.15, 0.2) is 0 Å². The van der Waals surface area contributed by atoms with Crippen LogP contribution in [0.3, 0.4) is 0 Å². The van der Waals surface area contributed by atoms with Crippen LogP contribution in [0.5, 0.6) is 0 Å². The monoisotopic (exact) mass is 585 g/mol. The van der Waals surface area contributed by atoms with Gasteiger partial charge < -0.3 is 20.0 Å². The van der Waals surface area contributed by atoms with Gasteiger partial charge in [-0.15, -0.1) is 0 Å². The Kier molecular flexibility index (Phi) is 8.43. The molecule has 0 saturated heterocycles. The van der Waals surface area contributed by atoms with E-state index in [1.165, 1.54) is 35.4 Å². The van der Waals surface area contributed by atoms with Crippen molar-refractivity contribution in [1.29, 1.82) is 0 Å². The van der Waals surface area contributed by atoms with E-state index in [1.807, 2.05) is 13.0 Å². The fourth-order valence-electron chi connectivity index (χ4n) is 6.47. The first-order valence-electron chi connectivity index (χ1n) is 15.7. The molecular formula is C35H47N5O3. The number of rotatable bonds is 3. The molecule has 4 aromatic rings. The molecule has 0 fully saturated rings. The number of nitrogens with zero attached hydrogens (tertiary/aromatic N) is 2. The molecule has 8 nitrogen and oxygen atoms in total. The van der Waals surface area contributed by atoms with Gasteiger partial charge in [0.1, 0.15) is 11.4 Å². The van der Waals surface area contributed by atoms with Gasteiger partial charge in [-0.3, -0.25) is 14.8 Å². The second kappa shape index (κ2) is 11.8. The first-order chi connectivity index (χ1) is 20.3. The summed E-state index contributed by atoms with van der Waals surface area (Å²) in [5, 5.41) is 2.64. The van der Waals surface area contributed by atoms with E-state index in [0.29, 0.717) is 40.7 Å². The van der Waals surface area contributed by atoms with E-state index in [2.05, 4.69) is 69.0 Å². The van der Waals surface area contributed by atoms with E-state index < -0.39 is 0 Å². The Balaban J connectivity index is 0.000000171. The van der Waals surface area contributed by atoms with Gasteiger partial charge >= 0.3 is 5.97 Å². The maximum absolute atomic E-state index is 11.8. The van der Waals surface area contributed by atoms with Crippen molar-refractivity contribution in [2.45, 2.75) is 87.0 Å². The van der Waals surface area contributed by atoms with E-state index in [0.717, 1.165) is 47.8 Å². The summed E-state index contributed by atoms with van der Waals surface area (Å²) in [6, 6.07) is 7.98.